The van der Waals surface area contributed by atoms with E-state index in [9.17, 15) is 4.79 Å². The number of pyridine rings is 1. The first kappa shape index (κ1) is 17.0. The van der Waals surface area contributed by atoms with Crippen molar-refractivity contribution in [2.75, 3.05) is 12.4 Å². The number of hydrogen-bond donors (Lipinski definition) is 0. The molecule has 0 fully saturated rings. The van der Waals surface area contributed by atoms with Crippen LogP contribution in [0.2, 0.25) is 0 Å². The van der Waals surface area contributed by atoms with Crippen LogP contribution in [-0.2, 0) is 17.8 Å². The topological polar surface area (TPSA) is 33.2 Å². The Hall–Kier alpha value is -1.39. The van der Waals surface area contributed by atoms with Crippen LogP contribution in [-0.4, -0.2) is 28.2 Å². The molecule has 3 nitrogen and oxygen atoms in total. The average Bonchev–Trinajstić information content (AvgIpc) is 3.04. The number of carbonyl (C=O) groups is 1. The van der Waals surface area contributed by atoms with E-state index in [1.165, 1.54) is 0 Å². The molecule has 0 aromatic carbocycles. The Bertz CT molecular complexity index is 584. The van der Waals surface area contributed by atoms with E-state index in [-0.39, 0.29) is 5.91 Å². The van der Waals surface area contributed by atoms with Crippen molar-refractivity contribution in [2.24, 2.45) is 5.41 Å². The summed E-state index contributed by atoms with van der Waals surface area (Å²) >= 11 is 7.62. The Morgan fingerprint density at radius 1 is 1.36 bits per heavy atom. The van der Waals surface area contributed by atoms with Crippen molar-refractivity contribution in [3.8, 4) is 0 Å². The first-order valence-electron chi connectivity index (χ1n) is 7.29. The van der Waals surface area contributed by atoms with E-state index < -0.39 is 5.41 Å². The fraction of sp³-hybridized carbons (Fsp3) is 0.412. The van der Waals surface area contributed by atoms with Crippen molar-refractivity contribution < 1.29 is 4.79 Å². The second kappa shape index (κ2) is 7.75. The van der Waals surface area contributed by atoms with Gasteiger partial charge in [0.2, 0.25) is 5.91 Å². The summed E-state index contributed by atoms with van der Waals surface area (Å²) in [6, 6.07) is 7.91. The largest absolute Gasteiger partial charge is 0.337 e. The number of alkyl halides is 1. The summed E-state index contributed by atoms with van der Waals surface area (Å²) in [7, 11) is 0. The molecule has 0 saturated carbocycles. The molecule has 0 spiro atoms. The van der Waals surface area contributed by atoms with Crippen LogP contribution >= 0.6 is 22.9 Å². The Morgan fingerprint density at radius 2 is 2.18 bits per heavy atom. The molecule has 0 radical (unpaired) electrons. The van der Waals surface area contributed by atoms with Crippen molar-refractivity contribution in [1.82, 2.24) is 9.88 Å². The Morgan fingerprint density at radius 3 is 2.77 bits per heavy atom. The molecule has 0 aliphatic carbocycles. The third-order valence-corrected chi connectivity index (χ3v) is 4.92. The number of carbonyl (C=O) groups excluding carboxylic acids is 1. The third kappa shape index (κ3) is 4.55. The smallest absolute Gasteiger partial charge is 0.229 e. The van der Waals surface area contributed by atoms with E-state index >= 15 is 0 Å². The van der Waals surface area contributed by atoms with Crippen LogP contribution in [0.1, 0.15) is 25.1 Å². The van der Waals surface area contributed by atoms with Gasteiger partial charge in [0, 0.05) is 37.3 Å². The number of rotatable bonds is 7. The van der Waals surface area contributed by atoms with E-state index in [1.807, 2.05) is 42.3 Å². The molecule has 2 aromatic heterocycles. The molecular weight excluding hydrogens is 316 g/mol. The standard InChI is InChI=1S/C17H21ClN2OS/c1-17(2,13-18)16(21)20(11-14-7-10-22-12-14)9-6-15-5-3-4-8-19-15/h3-5,7-8,10,12H,6,9,11,13H2,1-2H3. The van der Waals surface area contributed by atoms with Crippen molar-refractivity contribution in [3.63, 3.8) is 0 Å². The van der Waals surface area contributed by atoms with Crippen molar-refractivity contribution in [1.29, 1.82) is 0 Å². The minimum atomic E-state index is -0.554. The summed E-state index contributed by atoms with van der Waals surface area (Å²) in [6.07, 6.45) is 2.53. The number of amides is 1. The van der Waals surface area contributed by atoms with Crippen LogP contribution in [0, 0.1) is 5.41 Å². The van der Waals surface area contributed by atoms with Gasteiger partial charge in [0.1, 0.15) is 0 Å². The van der Waals surface area contributed by atoms with Crippen molar-refractivity contribution in [2.45, 2.75) is 26.8 Å². The van der Waals surface area contributed by atoms with Gasteiger partial charge < -0.3 is 4.90 Å². The lowest BCUT2D eigenvalue weighted by atomic mass is 9.94. The predicted octanol–water partition coefficient (Wildman–Crippen LogP) is 3.98. The van der Waals surface area contributed by atoms with Gasteiger partial charge in [0.05, 0.1) is 5.41 Å². The first-order valence-corrected chi connectivity index (χ1v) is 8.77. The molecule has 118 valence electrons. The highest BCUT2D eigenvalue weighted by Crippen LogP contribution is 2.23. The highest BCUT2D eigenvalue weighted by Gasteiger charge is 2.31. The van der Waals surface area contributed by atoms with Gasteiger partial charge in [-0.2, -0.15) is 11.3 Å². The fourth-order valence-electron chi connectivity index (χ4n) is 2.14. The average molecular weight is 337 g/mol. The van der Waals surface area contributed by atoms with Gasteiger partial charge in [-0.25, -0.2) is 0 Å². The predicted molar refractivity (Wildman–Crippen MR) is 92.2 cm³/mol. The minimum absolute atomic E-state index is 0.0876. The van der Waals surface area contributed by atoms with Gasteiger partial charge in [0.15, 0.2) is 0 Å². The quantitative estimate of drug-likeness (QED) is 0.716. The van der Waals surface area contributed by atoms with Gasteiger partial charge in [-0.15, -0.1) is 11.6 Å². The van der Waals surface area contributed by atoms with Crippen LogP contribution in [0.3, 0.4) is 0 Å². The minimum Gasteiger partial charge on any atom is -0.337 e. The summed E-state index contributed by atoms with van der Waals surface area (Å²) in [5.41, 5.74) is 1.60. The molecule has 2 heterocycles. The zero-order valence-corrected chi connectivity index (χ0v) is 14.5. The van der Waals surface area contributed by atoms with E-state index in [1.54, 1.807) is 17.5 Å². The van der Waals surface area contributed by atoms with E-state index in [0.29, 0.717) is 19.0 Å². The molecule has 0 aliphatic rings. The van der Waals surface area contributed by atoms with Crippen molar-refractivity contribution >= 4 is 28.8 Å². The van der Waals surface area contributed by atoms with E-state index in [0.717, 1.165) is 17.7 Å². The lowest BCUT2D eigenvalue weighted by Crippen LogP contribution is -2.42. The molecule has 2 aromatic rings. The Kier molecular flexibility index (Phi) is 5.98. The Labute approximate surface area is 140 Å². The van der Waals surface area contributed by atoms with Crippen LogP contribution in [0.25, 0.3) is 0 Å². The molecule has 0 bridgehead atoms. The zero-order chi connectivity index (χ0) is 16.0. The molecule has 22 heavy (non-hydrogen) atoms. The molecule has 5 heteroatoms. The van der Waals surface area contributed by atoms with E-state index in [4.69, 9.17) is 11.6 Å². The zero-order valence-electron chi connectivity index (χ0n) is 13.0. The lowest BCUT2D eigenvalue weighted by molar-refractivity contribution is -0.139. The normalized spacial score (nSPS) is 11.4. The molecular formula is C17H21ClN2OS. The molecule has 2 rings (SSSR count). The first-order chi connectivity index (χ1) is 10.5. The second-order valence-corrected chi connectivity index (χ2v) is 6.99. The summed E-state index contributed by atoms with van der Waals surface area (Å²) in [6.45, 7) is 5.05. The molecule has 0 unspecified atom stereocenters. The second-order valence-electron chi connectivity index (χ2n) is 5.95. The maximum Gasteiger partial charge on any atom is 0.229 e. The molecule has 0 N–H and O–H groups in total. The fourth-order valence-corrected chi connectivity index (χ4v) is 2.91. The number of aromatic nitrogens is 1. The van der Waals surface area contributed by atoms with Crippen LogP contribution in [0.4, 0.5) is 0 Å². The molecule has 0 aliphatic heterocycles. The van der Waals surface area contributed by atoms with Crippen molar-refractivity contribution in [3.05, 3.63) is 52.5 Å². The summed E-state index contributed by atoms with van der Waals surface area (Å²) in [5.74, 6) is 0.403. The highest BCUT2D eigenvalue weighted by atomic mass is 35.5. The number of thiophene rings is 1. The van der Waals surface area contributed by atoms with E-state index in [2.05, 4.69) is 16.4 Å². The van der Waals surface area contributed by atoms with Gasteiger partial charge in [0.25, 0.3) is 0 Å². The van der Waals surface area contributed by atoms with Gasteiger partial charge in [-0.3, -0.25) is 9.78 Å². The van der Waals surface area contributed by atoms with Crippen LogP contribution in [0.15, 0.2) is 41.2 Å². The Balaban J connectivity index is 2.09. The number of halogens is 1. The summed E-state index contributed by atoms with van der Waals surface area (Å²) in [4.78, 5) is 19.0. The lowest BCUT2D eigenvalue weighted by Gasteiger charge is -2.30. The van der Waals surface area contributed by atoms with Gasteiger partial charge in [-0.05, 0) is 48.4 Å². The maximum absolute atomic E-state index is 12.8. The van der Waals surface area contributed by atoms with Gasteiger partial charge >= 0.3 is 0 Å². The summed E-state index contributed by atoms with van der Waals surface area (Å²) in [5, 5.41) is 4.11. The maximum atomic E-state index is 12.8. The SMILES string of the molecule is CC(C)(CCl)C(=O)N(CCc1ccccn1)Cc1ccsc1. The number of hydrogen-bond acceptors (Lipinski definition) is 3. The molecule has 1 amide bonds. The van der Waals surface area contributed by atoms with Crippen LogP contribution < -0.4 is 0 Å². The van der Waals surface area contributed by atoms with Gasteiger partial charge in [-0.1, -0.05) is 6.07 Å². The highest BCUT2D eigenvalue weighted by molar-refractivity contribution is 7.07. The third-order valence-electron chi connectivity index (χ3n) is 3.52. The molecule has 0 atom stereocenters. The molecule has 0 saturated heterocycles. The number of nitrogens with zero attached hydrogens (tertiary/aromatic N) is 2. The monoisotopic (exact) mass is 336 g/mol. The van der Waals surface area contributed by atoms with Crippen LogP contribution in [0.5, 0.6) is 0 Å². The summed E-state index contributed by atoms with van der Waals surface area (Å²) < 4.78 is 0.